The number of aromatic nitrogens is 2. The number of nitrogens with one attached hydrogen (secondary N) is 1. The Hall–Kier alpha value is -2.30. The van der Waals surface area contributed by atoms with Crippen LogP contribution in [-0.2, 0) is 6.54 Å². The lowest BCUT2D eigenvalue weighted by Gasteiger charge is -2.11. The van der Waals surface area contributed by atoms with Crippen LogP contribution in [0.3, 0.4) is 0 Å². The summed E-state index contributed by atoms with van der Waals surface area (Å²) in [4.78, 5) is 13.0. The molecule has 0 atom stereocenters. The fraction of sp³-hybridized carbons (Fsp3) is 0.286. The second kappa shape index (κ2) is 5.56. The molecule has 19 heavy (non-hydrogen) atoms. The van der Waals surface area contributed by atoms with Crippen LogP contribution in [0.5, 0.6) is 0 Å². The van der Waals surface area contributed by atoms with Crippen LogP contribution in [0.2, 0.25) is 0 Å². The minimum absolute atomic E-state index is 0.136. The Morgan fingerprint density at radius 3 is 2.47 bits per heavy atom. The molecular formula is C14H18N4O. The monoisotopic (exact) mass is 258 g/mol. The SMILES string of the molecule is CCn1ccc(-c2ccc(NC(=O)N(C)C)cc2)n1. The van der Waals surface area contributed by atoms with Gasteiger partial charge in [-0.2, -0.15) is 5.10 Å². The third kappa shape index (κ3) is 3.13. The van der Waals surface area contributed by atoms with Gasteiger partial charge in [-0.15, -0.1) is 0 Å². The zero-order chi connectivity index (χ0) is 13.8. The highest BCUT2D eigenvalue weighted by Gasteiger charge is 2.05. The molecule has 0 aliphatic carbocycles. The predicted molar refractivity (Wildman–Crippen MR) is 76.0 cm³/mol. The molecule has 2 aromatic rings. The van der Waals surface area contributed by atoms with Gasteiger partial charge in [0.1, 0.15) is 0 Å². The molecule has 0 aliphatic rings. The van der Waals surface area contributed by atoms with E-state index in [1.54, 1.807) is 14.1 Å². The number of carbonyl (C=O) groups excluding carboxylic acids is 1. The van der Waals surface area contributed by atoms with Crippen molar-refractivity contribution in [1.29, 1.82) is 0 Å². The van der Waals surface area contributed by atoms with Gasteiger partial charge < -0.3 is 10.2 Å². The number of hydrogen-bond donors (Lipinski definition) is 1. The van der Waals surface area contributed by atoms with Gasteiger partial charge in [0.2, 0.25) is 0 Å². The molecule has 2 rings (SSSR count). The number of aryl methyl sites for hydroxylation is 1. The molecule has 2 amide bonds. The van der Waals surface area contributed by atoms with E-state index in [2.05, 4.69) is 17.3 Å². The zero-order valence-electron chi connectivity index (χ0n) is 11.4. The van der Waals surface area contributed by atoms with Crippen molar-refractivity contribution in [3.8, 4) is 11.3 Å². The van der Waals surface area contributed by atoms with E-state index in [9.17, 15) is 4.79 Å². The Bertz CT molecular complexity index is 557. The summed E-state index contributed by atoms with van der Waals surface area (Å²) in [6, 6.07) is 9.50. The zero-order valence-corrected chi connectivity index (χ0v) is 11.4. The number of urea groups is 1. The minimum atomic E-state index is -0.136. The molecule has 1 N–H and O–H groups in total. The molecule has 0 bridgehead atoms. The van der Waals surface area contributed by atoms with Crippen LogP contribution in [-0.4, -0.2) is 34.8 Å². The van der Waals surface area contributed by atoms with Crippen molar-refractivity contribution in [2.45, 2.75) is 13.5 Å². The molecular weight excluding hydrogens is 240 g/mol. The highest BCUT2D eigenvalue weighted by Crippen LogP contribution is 2.19. The topological polar surface area (TPSA) is 50.2 Å². The summed E-state index contributed by atoms with van der Waals surface area (Å²) in [5.74, 6) is 0. The number of hydrogen-bond acceptors (Lipinski definition) is 2. The standard InChI is InChI=1S/C14H18N4O/c1-4-18-10-9-13(16-18)11-5-7-12(8-6-11)15-14(19)17(2)3/h5-10H,4H2,1-3H3,(H,15,19). The molecule has 1 aromatic carbocycles. The van der Waals surface area contributed by atoms with Gasteiger partial charge in [0.15, 0.2) is 0 Å². The Balaban J connectivity index is 2.12. The summed E-state index contributed by atoms with van der Waals surface area (Å²) in [7, 11) is 3.42. The second-order valence-corrected chi connectivity index (χ2v) is 4.46. The van der Waals surface area contributed by atoms with E-state index in [1.165, 1.54) is 4.90 Å². The summed E-state index contributed by atoms with van der Waals surface area (Å²) in [5, 5.41) is 7.24. The average molecular weight is 258 g/mol. The maximum Gasteiger partial charge on any atom is 0.321 e. The third-order valence-electron chi connectivity index (χ3n) is 2.80. The van der Waals surface area contributed by atoms with E-state index in [4.69, 9.17) is 0 Å². The first-order valence-corrected chi connectivity index (χ1v) is 6.22. The van der Waals surface area contributed by atoms with Crippen molar-refractivity contribution in [2.24, 2.45) is 0 Å². The molecule has 1 heterocycles. The lowest BCUT2D eigenvalue weighted by atomic mass is 10.1. The van der Waals surface area contributed by atoms with Crippen molar-refractivity contribution in [3.05, 3.63) is 36.5 Å². The molecule has 0 aliphatic heterocycles. The fourth-order valence-electron chi connectivity index (χ4n) is 1.65. The molecule has 0 saturated carbocycles. The number of benzene rings is 1. The Morgan fingerprint density at radius 2 is 1.95 bits per heavy atom. The first-order chi connectivity index (χ1) is 9.10. The van der Waals surface area contributed by atoms with E-state index < -0.39 is 0 Å². The molecule has 0 saturated heterocycles. The van der Waals surface area contributed by atoms with Crippen LogP contribution in [0.4, 0.5) is 10.5 Å². The van der Waals surface area contributed by atoms with E-state index in [0.717, 1.165) is 23.5 Å². The molecule has 5 heteroatoms. The Morgan fingerprint density at radius 1 is 1.26 bits per heavy atom. The van der Waals surface area contributed by atoms with E-state index >= 15 is 0 Å². The predicted octanol–water partition coefficient (Wildman–Crippen LogP) is 2.66. The Labute approximate surface area is 112 Å². The van der Waals surface area contributed by atoms with E-state index in [1.807, 2.05) is 41.2 Å². The maximum atomic E-state index is 11.5. The van der Waals surface area contributed by atoms with Gasteiger partial charge in [-0.25, -0.2) is 4.79 Å². The summed E-state index contributed by atoms with van der Waals surface area (Å²) < 4.78 is 1.89. The lowest BCUT2D eigenvalue weighted by Crippen LogP contribution is -2.27. The van der Waals surface area contributed by atoms with Gasteiger partial charge >= 0.3 is 6.03 Å². The third-order valence-corrected chi connectivity index (χ3v) is 2.80. The number of rotatable bonds is 3. The smallest absolute Gasteiger partial charge is 0.321 e. The van der Waals surface area contributed by atoms with Crippen LogP contribution in [0, 0.1) is 0 Å². The van der Waals surface area contributed by atoms with Crippen molar-refractivity contribution in [1.82, 2.24) is 14.7 Å². The quantitative estimate of drug-likeness (QED) is 0.920. The van der Waals surface area contributed by atoms with Gasteiger partial charge in [0, 0.05) is 38.1 Å². The van der Waals surface area contributed by atoms with Crippen molar-refractivity contribution in [3.63, 3.8) is 0 Å². The van der Waals surface area contributed by atoms with Crippen LogP contribution >= 0.6 is 0 Å². The summed E-state index contributed by atoms with van der Waals surface area (Å²) in [6.07, 6.45) is 1.96. The summed E-state index contributed by atoms with van der Waals surface area (Å²) in [6.45, 7) is 2.91. The van der Waals surface area contributed by atoms with Gasteiger partial charge in [0.05, 0.1) is 5.69 Å². The summed E-state index contributed by atoms with van der Waals surface area (Å²) in [5.41, 5.74) is 2.75. The summed E-state index contributed by atoms with van der Waals surface area (Å²) >= 11 is 0. The van der Waals surface area contributed by atoms with Gasteiger partial charge in [-0.05, 0) is 25.1 Å². The van der Waals surface area contributed by atoms with Gasteiger partial charge in [0.25, 0.3) is 0 Å². The first kappa shape index (κ1) is 13.1. The molecule has 0 fully saturated rings. The number of carbonyl (C=O) groups is 1. The van der Waals surface area contributed by atoms with Gasteiger partial charge in [-0.3, -0.25) is 4.68 Å². The number of amides is 2. The normalized spacial score (nSPS) is 10.3. The Kier molecular flexibility index (Phi) is 3.85. The van der Waals surface area contributed by atoms with Crippen LogP contribution < -0.4 is 5.32 Å². The highest BCUT2D eigenvalue weighted by molar-refractivity contribution is 5.89. The maximum absolute atomic E-state index is 11.5. The molecule has 0 radical (unpaired) electrons. The largest absolute Gasteiger partial charge is 0.331 e. The molecule has 0 spiro atoms. The first-order valence-electron chi connectivity index (χ1n) is 6.22. The highest BCUT2D eigenvalue weighted by atomic mass is 16.2. The lowest BCUT2D eigenvalue weighted by molar-refractivity contribution is 0.230. The average Bonchev–Trinajstić information content (AvgIpc) is 2.88. The second-order valence-electron chi connectivity index (χ2n) is 4.46. The number of anilines is 1. The van der Waals surface area contributed by atoms with E-state index in [-0.39, 0.29) is 6.03 Å². The van der Waals surface area contributed by atoms with Crippen LogP contribution in [0.1, 0.15) is 6.92 Å². The van der Waals surface area contributed by atoms with Crippen LogP contribution in [0.15, 0.2) is 36.5 Å². The molecule has 5 nitrogen and oxygen atoms in total. The number of nitrogens with zero attached hydrogens (tertiary/aromatic N) is 3. The van der Waals surface area contributed by atoms with Crippen molar-refractivity contribution >= 4 is 11.7 Å². The van der Waals surface area contributed by atoms with Crippen molar-refractivity contribution < 1.29 is 4.79 Å². The molecule has 100 valence electrons. The van der Waals surface area contributed by atoms with Crippen LogP contribution in [0.25, 0.3) is 11.3 Å². The van der Waals surface area contributed by atoms with Gasteiger partial charge in [-0.1, -0.05) is 12.1 Å². The van der Waals surface area contributed by atoms with Crippen molar-refractivity contribution in [2.75, 3.05) is 19.4 Å². The van der Waals surface area contributed by atoms with E-state index in [0.29, 0.717) is 0 Å². The molecule has 0 unspecified atom stereocenters. The fourth-order valence-corrected chi connectivity index (χ4v) is 1.65. The minimum Gasteiger partial charge on any atom is -0.331 e. The molecule has 1 aromatic heterocycles.